The molecule has 0 N–H and O–H groups in total. The molecule has 0 aromatic heterocycles. The highest BCUT2D eigenvalue weighted by Crippen LogP contribution is 2.30. The number of carbonyl (C=O) groups excluding carboxylic acids is 1. The number of carbonyl (C=O) groups is 1. The summed E-state index contributed by atoms with van der Waals surface area (Å²) in [6.07, 6.45) is 2.95. The van der Waals surface area contributed by atoms with Crippen molar-refractivity contribution in [2.24, 2.45) is 0 Å². The zero-order chi connectivity index (χ0) is 13.7. The Morgan fingerprint density at radius 1 is 1.16 bits per heavy atom. The molecule has 0 amide bonds. The van der Waals surface area contributed by atoms with Gasteiger partial charge in [-0.3, -0.25) is 4.79 Å². The summed E-state index contributed by atoms with van der Waals surface area (Å²) in [4.78, 5) is 10.6. The first kappa shape index (κ1) is 13.6. The number of halogens is 1. The van der Waals surface area contributed by atoms with Gasteiger partial charge in [0.1, 0.15) is 17.8 Å². The number of aldehydes is 1. The van der Waals surface area contributed by atoms with Gasteiger partial charge in [0.15, 0.2) is 0 Å². The highest BCUT2D eigenvalue weighted by molar-refractivity contribution is 6.32. The van der Waals surface area contributed by atoms with E-state index >= 15 is 0 Å². The van der Waals surface area contributed by atoms with Gasteiger partial charge in [0.2, 0.25) is 0 Å². The Balaban J connectivity index is 2.14. The topological polar surface area (TPSA) is 26.3 Å². The molecule has 2 aromatic rings. The highest BCUT2D eigenvalue weighted by Gasteiger charge is 2.04. The third-order valence-corrected chi connectivity index (χ3v) is 3.08. The van der Waals surface area contributed by atoms with E-state index in [1.54, 1.807) is 18.2 Å². The van der Waals surface area contributed by atoms with E-state index in [-0.39, 0.29) is 0 Å². The van der Waals surface area contributed by atoms with Gasteiger partial charge >= 0.3 is 0 Å². The summed E-state index contributed by atoms with van der Waals surface area (Å²) in [5.74, 6) is 1.29. The maximum Gasteiger partial charge on any atom is 0.150 e. The fraction of sp³-hybridized carbons (Fsp3) is 0.188. The lowest BCUT2D eigenvalue weighted by atomic mass is 10.1. The van der Waals surface area contributed by atoms with Crippen LogP contribution in [0.4, 0.5) is 0 Å². The molecule has 0 aliphatic rings. The highest BCUT2D eigenvalue weighted by atomic mass is 35.5. The van der Waals surface area contributed by atoms with E-state index < -0.39 is 0 Å². The number of ether oxygens (including phenoxy) is 1. The summed E-state index contributed by atoms with van der Waals surface area (Å²) in [7, 11) is 0. The van der Waals surface area contributed by atoms with Crippen LogP contribution in [0.15, 0.2) is 42.5 Å². The van der Waals surface area contributed by atoms with E-state index in [9.17, 15) is 4.79 Å². The van der Waals surface area contributed by atoms with E-state index in [2.05, 4.69) is 6.92 Å². The molecule has 0 aliphatic heterocycles. The largest absolute Gasteiger partial charge is 0.456 e. The number of rotatable bonds is 5. The summed E-state index contributed by atoms with van der Waals surface area (Å²) in [6, 6.07) is 12.9. The molecule has 0 saturated carbocycles. The van der Waals surface area contributed by atoms with Crippen LogP contribution in [0.3, 0.4) is 0 Å². The van der Waals surface area contributed by atoms with Gasteiger partial charge in [-0.1, -0.05) is 37.1 Å². The summed E-state index contributed by atoms with van der Waals surface area (Å²) < 4.78 is 5.69. The first-order valence-electron chi connectivity index (χ1n) is 6.24. The first-order chi connectivity index (χ1) is 9.22. The van der Waals surface area contributed by atoms with E-state index in [0.29, 0.717) is 16.3 Å². The van der Waals surface area contributed by atoms with Gasteiger partial charge in [-0.15, -0.1) is 0 Å². The van der Waals surface area contributed by atoms with Gasteiger partial charge in [-0.05, 0) is 42.3 Å². The number of hydrogen-bond donors (Lipinski definition) is 0. The van der Waals surface area contributed by atoms with Gasteiger partial charge in [0.05, 0.1) is 5.02 Å². The van der Waals surface area contributed by atoms with Crippen LogP contribution in [0.2, 0.25) is 5.02 Å². The lowest BCUT2D eigenvalue weighted by Gasteiger charge is -2.08. The fourth-order valence-electron chi connectivity index (χ4n) is 1.81. The van der Waals surface area contributed by atoms with E-state index in [1.165, 1.54) is 5.56 Å². The molecule has 0 atom stereocenters. The second-order valence-corrected chi connectivity index (χ2v) is 4.71. The molecule has 0 radical (unpaired) electrons. The molecule has 2 rings (SSSR count). The van der Waals surface area contributed by atoms with Gasteiger partial charge in [0.25, 0.3) is 0 Å². The van der Waals surface area contributed by atoms with Gasteiger partial charge in [-0.25, -0.2) is 0 Å². The van der Waals surface area contributed by atoms with Crippen LogP contribution < -0.4 is 4.74 Å². The fourth-order valence-corrected chi connectivity index (χ4v) is 2.04. The summed E-state index contributed by atoms with van der Waals surface area (Å²) in [6.45, 7) is 2.15. The van der Waals surface area contributed by atoms with Gasteiger partial charge in [0, 0.05) is 5.56 Å². The molecule has 2 aromatic carbocycles. The smallest absolute Gasteiger partial charge is 0.150 e. The van der Waals surface area contributed by atoms with E-state index in [4.69, 9.17) is 16.3 Å². The van der Waals surface area contributed by atoms with Crippen LogP contribution in [-0.2, 0) is 6.42 Å². The van der Waals surface area contributed by atoms with Crippen molar-refractivity contribution in [2.45, 2.75) is 19.8 Å². The lowest BCUT2D eigenvalue weighted by Crippen LogP contribution is -1.88. The monoisotopic (exact) mass is 274 g/mol. The molecule has 0 saturated heterocycles. The Bertz CT molecular complexity index is 561. The molecule has 0 bridgehead atoms. The molecule has 98 valence electrons. The number of hydrogen-bond acceptors (Lipinski definition) is 2. The van der Waals surface area contributed by atoms with Crippen LogP contribution in [0.1, 0.15) is 29.3 Å². The van der Waals surface area contributed by atoms with Crippen molar-refractivity contribution in [3.8, 4) is 11.5 Å². The van der Waals surface area contributed by atoms with Crippen LogP contribution in [0, 0.1) is 0 Å². The molecule has 0 unspecified atom stereocenters. The average molecular weight is 275 g/mol. The predicted molar refractivity (Wildman–Crippen MR) is 77.4 cm³/mol. The van der Waals surface area contributed by atoms with Crippen molar-refractivity contribution >= 4 is 17.9 Å². The molecular formula is C16H15ClO2. The minimum atomic E-state index is 0.433. The summed E-state index contributed by atoms with van der Waals surface area (Å²) >= 11 is 6.06. The van der Waals surface area contributed by atoms with Crippen molar-refractivity contribution in [3.63, 3.8) is 0 Å². The van der Waals surface area contributed by atoms with Crippen molar-refractivity contribution in [1.82, 2.24) is 0 Å². The molecule has 0 fully saturated rings. The maximum atomic E-state index is 10.6. The molecule has 3 heteroatoms. The molecule has 0 spiro atoms. The Hall–Kier alpha value is -1.80. The van der Waals surface area contributed by atoms with Crippen LogP contribution in [0.5, 0.6) is 11.5 Å². The molecule has 0 aliphatic carbocycles. The zero-order valence-corrected chi connectivity index (χ0v) is 11.5. The number of aryl methyl sites for hydroxylation is 1. The number of benzene rings is 2. The summed E-state index contributed by atoms with van der Waals surface area (Å²) in [5.41, 5.74) is 1.83. The Morgan fingerprint density at radius 2 is 1.89 bits per heavy atom. The summed E-state index contributed by atoms with van der Waals surface area (Å²) in [5, 5.41) is 0.433. The van der Waals surface area contributed by atoms with Crippen molar-refractivity contribution in [1.29, 1.82) is 0 Å². The van der Waals surface area contributed by atoms with Crippen molar-refractivity contribution in [3.05, 3.63) is 58.6 Å². The quantitative estimate of drug-likeness (QED) is 0.725. The third-order valence-electron chi connectivity index (χ3n) is 2.78. The first-order valence-corrected chi connectivity index (χ1v) is 6.62. The molecule has 19 heavy (non-hydrogen) atoms. The predicted octanol–water partition coefficient (Wildman–Crippen LogP) is 4.90. The van der Waals surface area contributed by atoms with Crippen LogP contribution >= 0.6 is 11.6 Å². The second-order valence-electron chi connectivity index (χ2n) is 4.30. The van der Waals surface area contributed by atoms with E-state index in [0.717, 1.165) is 24.9 Å². The molecular weight excluding hydrogens is 260 g/mol. The van der Waals surface area contributed by atoms with Crippen molar-refractivity contribution in [2.75, 3.05) is 0 Å². The molecule has 2 nitrogen and oxygen atoms in total. The third kappa shape index (κ3) is 3.58. The second kappa shape index (κ2) is 6.39. The van der Waals surface area contributed by atoms with Crippen LogP contribution in [0.25, 0.3) is 0 Å². The van der Waals surface area contributed by atoms with Crippen LogP contribution in [-0.4, -0.2) is 6.29 Å². The Morgan fingerprint density at radius 3 is 2.47 bits per heavy atom. The average Bonchev–Trinajstić information content (AvgIpc) is 2.43. The zero-order valence-electron chi connectivity index (χ0n) is 10.7. The van der Waals surface area contributed by atoms with Crippen molar-refractivity contribution < 1.29 is 9.53 Å². The van der Waals surface area contributed by atoms with Gasteiger partial charge < -0.3 is 4.74 Å². The Labute approximate surface area is 118 Å². The Kier molecular flexibility index (Phi) is 4.58. The molecule has 0 heterocycles. The van der Waals surface area contributed by atoms with E-state index in [1.807, 2.05) is 24.3 Å². The minimum absolute atomic E-state index is 0.433. The SMILES string of the molecule is CCCc1ccc(Oc2ccc(C=O)cc2Cl)cc1. The normalized spacial score (nSPS) is 10.2. The lowest BCUT2D eigenvalue weighted by molar-refractivity contribution is 0.112. The standard InChI is InChI=1S/C16H15ClO2/c1-2-3-12-4-7-14(8-5-12)19-16-9-6-13(11-18)10-15(16)17/h4-11H,2-3H2,1H3. The minimum Gasteiger partial charge on any atom is -0.456 e. The van der Waals surface area contributed by atoms with Gasteiger partial charge in [-0.2, -0.15) is 0 Å². The maximum absolute atomic E-state index is 10.6.